The van der Waals surface area contributed by atoms with Crippen LogP contribution in [0.3, 0.4) is 0 Å². The van der Waals surface area contributed by atoms with E-state index in [9.17, 15) is 9.36 Å². The highest BCUT2D eigenvalue weighted by Crippen LogP contribution is 2.50. The lowest BCUT2D eigenvalue weighted by atomic mass is 10.1. The zero-order valence-corrected chi connectivity index (χ0v) is 11.7. The SMILES string of the molecule is CCOP1(=O)CNC(c2ccc(OC)cc2)C(=O)O1. The Bertz CT molecular complexity index is 501. The molecule has 104 valence electrons. The molecule has 0 spiro atoms. The molecule has 0 aliphatic carbocycles. The third kappa shape index (κ3) is 3.15. The minimum absolute atomic E-state index is 0.0171. The fourth-order valence-corrected chi connectivity index (χ4v) is 3.22. The molecule has 1 aromatic rings. The van der Waals surface area contributed by atoms with Crippen LogP contribution in [0.4, 0.5) is 0 Å². The van der Waals surface area contributed by atoms with Crippen molar-refractivity contribution in [2.24, 2.45) is 0 Å². The summed E-state index contributed by atoms with van der Waals surface area (Å²) in [5, 5.41) is 2.89. The van der Waals surface area contributed by atoms with Crippen molar-refractivity contribution >= 4 is 13.6 Å². The van der Waals surface area contributed by atoms with E-state index in [4.69, 9.17) is 13.8 Å². The van der Waals surface area contributed by atoms with Crippen molar-refractivity contribution in [2.45, 2.75) is 13.0 Å². The van der Waals surface area contributed by atoms with E-state index in [1.165, 1.54) is 0 Å². The van der Waals surface area contributed by atoms with E-state index in [0.29, 0.717) is 5.75 Å². The number of carbonyl (C=O) groups is 1. The Morgan fingerprint density at radius 3 is 2.63 bits per heavy atom. The van der Waals surface area contributed by atoms with Crippen molar-refractivity contribution in [2.75, 3.05) is 20.0 Å². The van der Waals surface area contributed by atoms with E-state index >= 15 is 0 Å². The number of nitrogens with one attached hydrogen (secondary N) is 1. The Morgan fingerprint density at radius 2 is 2.11 bits per heavy atom. The van der Waals surface area contributed by atoms with Crippen LogP contribution in [0.1, 0.15) is 18.5 Å². The molecule has 1 fully saturated rings. The highest BCUT2D eigenvalue weighted by molar-refractivity contribution is 7.54. The Balaban J connectivity index is 2.11. The van der Waals surface area contributed by atoms with Gasteiger partial charge in [-0.3, -0.25) is 9.84 Å². The molecule has 1 N–H and O–H groups in total. The maximum atomic E-state index is 12.0. The highest BCUT2D eigenvalue weighted by atomic mass is 31.2. The fourth-order valence-electron chi connectivity index (χ4n) is 1.83. The second kappa shape index (κ2) is 5.74. The number of hydrogen-bond acceptors (Lipinski definition) is 6. The van der Waals surface area contributed by atoms with E-state index in [0.717, 1.165) is 5.56 Å². The largest absolute Gasteiger partial charge is 0.497 e. The van der Waals surface area contributed by atoms with Crippen LogP contribution in [-0.4, -0.2) is 26.0 Å². The predicted molar refractivity (Wildman–Crippen MR) is 69.1 cm³/mol. The van der Waals surface area contributed by atoms with E-state index in [1.54, 1.807) is 38.3 Å². The van der Waals surface area contributed by atoms with E-state index in [-0.39, 0.29) is 12.9 Å². The molecule has 1 saturated heterocycles. The lowest BCUT2D eigenvalue weighted by Crippen LogP contribution is -2.36. The normalized spacial score (nSPS) is 26.8. The van der Waals surface area contributed by atoms with Crippen molar-refractivity contribution in [1.82, 2.24) is 5.32 Å². The van der Waals surface area contributed by atoms with E-state index in [2.05, 4.69) is 5.32 Å². The summed E-state index contributed by atoms with van der Waals surface area (Å²) in [6, 6.07) is 6.39. The maximum Gasteiger partial charge on any atom is 0.395 e. The van der Waals surface area contributed by atoms with Gasteiger partial charge in [0.25, 0.3) is 0 Å². The molecular formula is C12H16NO5P. The zero-order chi connectivity index (χ0) is 13.9. The number of methoxy groups -OCH3 is 1. The van der Waals surface area contributed by atoms with Gasteiger partial charge in [-0.25, -0.2) is 9.36 Å². The van der Waals surface area contributed by atoms with Gasteiger partial charge >= 0.3 is 13.6 Å². The Hall–Kier alpha value is -1.36. The van der Waals surface area contributed by atoms with Gasteiger partial charge in [-0.15, -0.1) is 0 Å². The van der Waals surface area contributed by atoms with Crippen molar-refractivity contribution in [3.8, 4) is 5.75 Å². The van der Waals surface area contributed by atoms with Crippen LogP contribution < -0.4 is 10.1 Å². The van der Waals surface area contributed by atoms with Gasteiger partial charge in [-0.1, -0.05) is 12.1 Å². The number of ether oxygens (including phenoxy) is 1. The molecule has 1 aliphatic heterocycles. The first kappa shape index (κ1) is 14.1. The average molecular weight is 285 g/mol. The summed E-state index contributed by atoms with van der Waals surface area (Å²) in [4.78, 5) is 11.9. The second-order valence-corrected chi connectivity index (χ2v) is 5.99. The van der Waals surface area contributed by atoms with E-state index in [1.807, 2.05) is 0 Å². The average Bonchev–Trinajstić information content (AvgIpc) is 2.39. The van der Waals surface area contributed by atoms with Crippen LogP contribution in [0, 0.1) is 0 Å². The standard InChI is InChI=1S/C12H16NO5P/c1-3-17-19(15)8-13-11(12(14)18-19)9-4-6-10(16-2)7-5-9/h4-7,11,13H,3,8H2,1-2H3. The lowest BCUT2D eigenvalue weighted by molar-refractivity contribution is -0.138. The number of hydrogen-bond donors (Lipinski definition) is 1. The molecule has 0 saturated carbocycles. The summed E-state index contributed by atoms with van der Waals surface area (Å²) in [7, 11) is -1.76. The molecular weight excluding hydrogens is 269 g/mol. The van der Waals surface area contributed by atoms with Gasteiger partial charge in [0.15, 0.2) is 0 Å². The molecule has 0 aromatic heterocycles. The molecule has 2 rings (SSSR count). The van der Waals surface area contributed by atoms with Crippen LogP contribution in [0.15, 0.2) is 24.3 Å². The molecule has 7 heteroatoms. The van der Waals surface area contributed by atoms with Gasteiger partial charge in [-0.05, 0) is 24.6 Å². The van der Waals surface area contributed by atoms with Crippen LogP contribution in [0.25, 0.3) is 0 Å². The Kier molecular flexibility index (Phi) is 4.24. The van der Waals surface area contributed by atoms with Crippen LogP contribution in [0.5, 0.6) is 5.75 Å². The minimum atomic E-state index is -3.33. The predicted octanol–water partition coefficient (Wildman–Crippen LogP) is 2.07. The lowest BCUT2D eigenvalue weighted by Gasteiger charge is -2.28. The summed E-state index contributed by atoms with van der Waals surface area (Å²) in [5.41, 5.74) is 0.730. The molecule has 6 nitrogen and oxygen atoms in total. The smallest absolute Gasteiger partial charge is 0.395 e. The summed E-state index contributed by atoms with van der Waals surface area (Å²) in [6.45, 7) is 1.93. The second-order valence-electron chi connectivity index (χ2n) is 4.01. The van der Waals surface area contributed by atoms with Crippen molar-refractivity contribution < 1.29 is 23.1 Å². The monoisotopic (exact) mass is 285 g/mol. The first-order valence-corrected chi connectivity index (χ1v) is 7.65. The van der Waals surface area contributed by atoms with Gasteiger partial charge in [0.1, 0.15) is 18.1 Å². The molecule has 19 heavy (non-hydrogen) atoms. The van der Waals surface area contributed by atoms with Crippen LogP contribution in [-0.2, 0) is 18.4 Å². The van der Waals surface area contributed by atoms with Crippen molar-refractivity contribution in [1.29, 1.82) is 0 Å². The molecule has 2 atom stereocenters. The van der Waals surface area contributed by atoms with Crippen molar-refractivity contribution in [3.63, 3.8) is 0 Å². The maximum absolute atomic E-state index is 12.0. The summed E-state index contributed by atoms with van der Waals surface area (Å²) in [5.74, 6) is 0.112. The summed E-state index contributed by atoms with van der Waals surface area (Å²) >= 11 is 0. The number of rotatable bonds is 4. The van der Waals surface area contributed by atoms with Gasteiger partial charge in [0.05, 0.1) is 13.7 Å². The molecule has 0 amide bonds. The number of benzene rings is 1. The third-order valence-electron chi connectivity index (χ3n) is 2.73. The minimum Gasteiger partial charge on any atom is -0.497 e. The van der Waals surface area contributed by atoms with E-state index < -0.39 is 19.6 Å². The summed E-state index contributed by atoms with van der Waals surface area (Å²) < 4.78 is 27.0. The first-order chi connectivity index (χ1) is 9.08. The molecule has 1 aromatic carbocycles. The molecule has 1 aliphatic rings. The quantitative estimate of drug-likeness (QED) is 0.854. The zero-order valence-electron chi connectivity index (χ0n) is 10.8. The topological polar surface area (TPSA) is 73.9 Å². The number of carbonyl (C=O) groups excluding carboxylic acids is 1. The Morgan fingerprint density at radius 1 is 1.42 bits per heavy atom. The molecule has 1 heterocycles. The first-order valence-electron chi connectivity index (χ1n) is 5.92. The van der Waals surface area contributed by atoms with Gasteiger partial charge in [0, 0.05) is 0 Å². The van der Waals surface area contributed by atoms with Gasteiger partial charge in [0.2, 0.25) is 0 Å². The van der Waals surface area contributed by atoms with Crippen molar-refractivity contribution in [3.05, 3.63) is 29.8 Å². The third-order valence-corrected chi connectivity index (χ3v) is 4.41. The van der Waals surface area contributed by atoms with Gasteiger partial charge < -0.3 is 9.26 Å². The summed E-state index contributed by atoms with van der Waals surface area (Å²) in [6.07, 6.45) is 0.0171. The molecule has 0 bridgehead atoms. The highest BCUT2D eigenvalue weighted by Gasteiger charge is 2.39. The Labute approximate surface area is 111 Å². The fraction of sp³-hybridized carbons (Fsp3) is 0.417. The molecule has 2 unspecified atom stereocenters. The van der Waals surface area contributed by atoms with Gasteiger partial charge in [-0.2, -0.15) is 0 Å². The van der Waals surface area contributed by atoms with Crippen LogP contribution in [0.2, 0.25) is 0 Å². The molecule has 0 radical (unpaired) electrons. The van der Waals surface area contributed by atoms with Crippen LogP contribution >= 0.6 is 7.60 Å².